The lowest BCUT2D eigenvalue weighted by Gasteiger charge is -2.21. The molecular weight excluding hydrogens is 204 g/mol. The van der Waals surface area contributed by atoms with Gasteiger partial charge in [0, 0.05) is 19.6 Å². The Hall–Kier alpha value is -1.07. The summed E-state index contributed by atoms with van der Waals surface area (Å²) in [5.41, 5.74) is 5.83. The van der Waals surface area contributed by atoms with Crippen LogP contribution in [-0.4, -0.2) is 29.8 Å². The minimum atomic E-state index is -0.388. The highest BCUT2D eigenvalue weighted by molar-refractivity contribution is 6.32. The number of rotatable bonds is 3. The highest BCUT2D eigenvalue weighted by Gasteiger charge is 2.10. The third kappa shape index (κ3) is 2.46. The fourth-order valence-corrected chi connectivity index (χ4v) is 1.41. The first-order valence-electron chi connectivity index (χ1n) is 4.22. The van der Waals surface area contributed by atoms with Gasteiger partial charge in [-0.3, -0.25) is 4.79 Å². The van der Waals surface area contributed by atoms with Gasteiger partial charge in [0.1, 0.15) is 5.02 Å². The van der Waals surface area contributed by atoms with Crippen LogP contribution in [0.4, 0.5) is 5.69 Å². The van der Waals surface area contributed by atoms with Crippen LogP contribution in [0.25, 0.3) is 0 Å². The molecule has 0 aromatic carbocycles. The molecule has 1 rings (SSSR count). The van der Waals surface area contributed by atoms with Crippen molar-refractivity contribution >= 4 is 17.3 Å². The zero-order valence-corrected chi connectivity index (χ0v) is 8.88. The normalized spacial score (nSPS) is 12.6. The van der Waals surface area contributed by atoms with Crippen LogP contribution in [0, 0.1) is 0 Å². The molecule has 1 atom stereocenters. The van der Waals surface area contributed by atoms with E-state index in [1.807, 2.05) is 14.0 Å². The van der Waals surface area contributed by atoms with Gasteiger partial charge in [0.15, 0.2) is 0 Å². The predicted molar refractivity (Wildman–Crippen MR) is 56.8 cm³/mol. The van der Waals surface area contributed by atoms with Gasteiger partial charge in [0.2, 0.25) is 0 Å². The summed E-state index contributed by atoms with van der Waals surface area (Å²) in [5.74, 6) is 0. The van der Waals surface area contributed by atoms with E-state index in [4.69, 9.17) is 17.3 Å². The first-order chi connectivity index (χ1) is 6.52. The van der Waals surface area contributed by atoms with E-state index >= 15 is 0 Å². The van der Waals surface area contributed by atoms with Gasteiger partial charge in [0.05, 0.1) is 11.9 Å². The van der Waals surface area contributed by atoms with Crippen LogP contribution >= 0.6 is 11.6 Å². The molecule has 3 N–H and O–H groups in total. The molecule has 78 valence electrons. The number of anilines is 1. The monoisotopic (exact) mass is 216 g/mol. The molecule has 5 nitrogen and oxygen atoms in total. The van der Waals surface area contributed by atoms with Crippen molar-refractivity contribution in [3.05, 3.63) is 21.6 Å². The molecule has 0 saturated carbocycles. The second kappa shape index (κ2) is 4.43. The van der Waals surface area contributed by atoms with Crippen molar-refractivity contribution in [2.24, 2.45) is 5.73 Å². The van der Waals surface area contributed by atoms with E-state index in [0.29, 0.717) is 12.2 Å². The van der Waals surface area contributed by atoms with Crippen molar-refractivity contribution in [1.82, 2.24) is 10.2 Å². The fraction of sp³-hybridized carbons (Fsp3) is 0.500. The molecule has 6 heteroatoms. The molecule has 0 bridgehead atoms. The van der Waals surface area contributed by atoms with Crippen molar-refractivity contribution < 1.29 is 0 Å². The third-order valence-corrected chi connectivity index (χ3v) is 2.12. The minimum absolute atomic E-state index is 0.00959. The van der Waals surface area contributed by atoms with E-state index < -0.39 is 0 Å². The SMILES string of the molecule is CC(N)CN(C)c1cn[nH]c(=O)c1Cl. The number of H-pyrrole nitrogens is 1. The number of nitrogens with zero attached hydrogens (tertiary/aromatic N) is 2. The Labute approximate surface area is 86.9 Å². The van der Waals surface area contributed by atoms with E-state index in [1.54, 1.807) is 4.90 Å². The molecule has 0 aliphatic rings. The van der Waals surface area contributed by atoms with E-state index in [1.165, 1.54) is 6.20 Å². The third-order valence-electron chi connectivity index (χ3n) is 1.75. The van der Waals surface area contributed by atoms with E-state index in [2.05, 4.69) is 10.2 Å². The number of hydrogen-bond donors (Lipinski definition) is 2. The average molecular weight is 217 g/mol. The number of aromatic nitrogens is 2. The summed E-state index contributed by atoms with van der Waals surface area (Å²) in [4.78, 5) is 12.9. The van der Waals surface area contributed by atoms with Crippen LogP contribution in [0.3, 0.4) is 0 Å². The van der Waals surface area contributed by atoms with Crippen molar-refractivity contribution in [3.8, 4) is 0 Å². The summed E-state index contributed by atoms with van der Waals surface area (Å²) in [7, 11) is 1.81. The Balaban J connectivity index is 2.95. The van der Waals surface area contributed by atoms with E-state index in [0.717, 1.165) is 0 Å². The van der Waals surface area contributed by atoms with Gasteiger partial charge >= 0.3 is 0 Å². The Morgan fingerprint density at radius 2 is 2.43 bits per heavy atom. The molecule has 0 aliphatic heterocycles. The molecule has 0 amide bonds. The molecule has 0 radical (unpaired) electrons. The molecule has 1 aromatic rings. The van der Waals surface area contributed by atoms with Crippen molar-refractivity contribution in [3.63, 3.8) is 0 Å². The van der Waals surface area contributed by atoms with Crippen molar-refractivity contribution in [2.75, 3.05) is 18.5 Å². The predicted octanol–water partition coefficient (Wildman–Crippen LogP) is 0.207. The minimum Gasteiger partial charge on any atom is -0.370 e. The highest BCUT2D eigenvalue weighted by Crippen LogP contribution is 2.18. The van der Waals surface area contributed by atoms with Gasteiger partial charge < -0.3 is 10.6 Å². The maximum absolute atomic E-state index is 11.1. The zero-order chi connectivity index (χ0) is 10.7. The average Bonchev–Trinajstić information content (AvgIpc) is 2.08. The first-order valence-corrected chi connectivity index (χ1v) is 4.60. The number of halogens is 1. The number of aromatic amines is 1. The standard InChI is InChI=1S/C8H13ClN4O/c1-5(10)4-13(2)6-3-11-12-8(14)7(6)9/h3,5H,4,10H2,1-2H3,(H,12,14). The van der Waals surface area contributed by atoms with Crippen LogP contribution in [0.5, 0.6) is 0 Å². The molecule has 1 heterocycles. The Bertz CT molecular complexity index is 363. The molecular formula is C8H13ClN4O. The van der Waals surface area contributed by atoms with Gasteiger partial charge in [-0.05, 0) is 6.92 Å². The summed E-state index contributed by atoms with van der Waals surface area (Å²) in [6, 6.07) is 0.00959. The molecule has 1 aromatic heterocycles. The van der Waals surface area contributed by atoms with Crippen LogP contribution in [0.15, 0.2) is 11.0 Å². The number of likely N-dealkylation sites (N-methyl/N-ethyl adjacent to an activating group) is 1. The summed E-state index contributed by atoms with van der Waals surface area (Å²) < 4.78 is 0. The molecule has 0 aliphatic carbocycles. The Morgan fingerprint density at radius 3 is 3.00 bits per heavy atom. The summed E-state index contributed by atoms with van der Waals surface area (Å²) >= 11 is 5.81. The molecule has 1 unspecified atom stereocenters. The van der Waals surface area contributed by atoms with Crippen LogP contribution in [0.1, 0.15) is 6.92 Å². The molecule has 0 spiro atoms. The van der Waals surface area contributed by atoms with Gasteiger partial charge in [-0.1, -0.05) is 11.6 Å². The van der Waals surface area contributed by atoms with Crippen LogP contribution in [-0.2, 0) is 0 Å². The van der Waals surface area contributed by atoms with Gasteiger partial charge in [-0.2, -0.15) is 5.10 Å². The lowest BCUT2D eigenvalue weighted by molar-refractivity contribution is 0.715. The molecule has 14 heavy (non-hydrogen) atoms. The Kier molecular flexibility index (Phi) is 3.49. The second-order valence-electron chi connectivity index (χ2n) is 3.26. The van der Waals surface area contributed by atoms with E-state index in [9.17, 15) is 4.79 Å². The zero-order valence-electron chi connectivity index (χ0n) is 8.12. The smallest absolute Gasteiger partial charge is 0.285 e. The van der Waals surface area contributed by atoms with E-state index in [-0.39, 0.29) is 16.6 Å². The molecule has 0 saturated heterocycles. The first kappa shape index (κ1) is 11.0. The van der Waals surface area contributed by atoms with Crippen LogP contribution in [0.2, 0.25) is 5.02 Å². The summed E-state index contributed by atoms with van der Waals surface area (Å²) in [6.07, 6.45) is 1.51. The maximum Gasteiger partial charge on any atom is 0.285 e. The van der Waals surface area contributed by atoms with Crippen molar-refractivity contribution in [2.45, 2.75) is 13.0 Å². The topological polar surface area (TPSA) is 75.0 Å². The van der Waals surface area contributed by atoms with Gasteiger partial charge in [-0.15, -0.1) is 0 Å². The Morgan fingerprint density at radius 1 is 1.79 bits per heavy atom. The summed E-state index contributed by atoms with van der Waals surface area (Å²) in [6.45, 7) is 2.50. The fourth-order valence-electron chi connectivity index (χ4n) is 1.17. The number of hydrogen-bond acceptors (Lipinski definition) is 4. The lowest BCUT2D eigenvalue weighted by atomic mass is 10.3. The van der Waals surface area contributed by atoms with Crippen molar-refractivity contribution in [1.29, 1.82) is 0 Å². The number of nitrogens with one attached hydrogen (secondary N) is 1. The van der Waals surface area contributed by atoms with Crippen LogP contribution < -0.4 is 16.2 Å². The lowest BCUT2D eigenvalue weighted by Crippen LogP contribution is -2.33. The number of nitrogens with two attached hydrogens (primary N) is 1. The quantitative estimate of drug-likeness (QED) is 0.758. The highest BCUT2D eigenvalue weighted by atomic mass is 35.5. The second-order valence-corrected chi connectivity index (χ2v) is 3.63. The summed E-state index contributed by atoms with van der Waals surface area (Å²) in [5, 5.41) is 6.06. The van der Waals surface area contributed by atoms with Gasteiger partial charge in [-0.25, -0.2) is 5.10 Å². The largest absolute Gasteiger partial charge is 0.370 e. The maximum atomic E-state index is 11.1. The van der Waals surface area contributed by atoms with Gasteiger partial charge in [0.25, 0.3) is 5.56 Å². The molecule has 0 fully saturated rings.